The van der Waals surface area contributed by atoms with Crippen molar-refractivity contribution in [1.29, 1.82) is 0 Å². The fourth-order valence-electron chi connectivity index (χ4n) is 16.0. The Morgan fingerprint density at radius 2 is 0.616 bits per heavy atom. The van der Waals surface area contributed by atoms with E-state index < -0.39 is 110 Å². The third kappa shape index (κ3) is 17.7. The number of aliphatic hydroxyl groups excluding tert-OH is 4. The monoisotopic (exact) mass is 1300 g/mol. The van der Waals surface area contributed by atoms with Gasteiger partial charge in [-0.3, -0.25) is 0 Å². The van der Waals surface area contributed by atoms with Crippen molar-refractivity contribution in [3.05, 3.63) is 0 Å². The molecule has 0 unspecified atom stereocenters. The molecule has 498 valence electrons. The highest BCUT2D eigenvalue weighted by molar-refractivity contribution is 6.88. The van der Waals surface area contributed by atoms with Crippen molar-refractivity contribution >= 4 is 49.4 Å². The van der Waals surface area contributed by atoms with Gasteiger partial charge in [-0.15, -0.1) is 22.9 Å². The van der Waals surface area contributed by atoms with Crippen LogP contribution in [0.25, 0.3) is 0 Å². The lowest BCUT2D eigenvalue weighted by Crippen LogP contribution is -2.61. The largest absolute Gasteiger partial charge is 0.416 e. The molecule has 0 amide bonds. The Bertz CT molecular complexity index is 2100. The van der Waals surface area contributed by atoms with Crippen molar-refractivity contribution in [1.82, 2.24) is 0 Å². The summed E-state index contributed by atoms with van der Waals surface area (Å²) in [5.74, 6) is 18.4. The quantitative estimate of drug-likeness (QED) is 0.0443. The molecule has 0 aromatic carbocycles. The normalized spacial score (nSPS) is 24.4. The van der Waals surface area contributed by atoms with E-state index in [-0.39, 0.29) is 56.5 Å². The summed E-state index contributed by atoms with van der Waals surface area (Å²) in [6.07, 6.45) is -5.83. The molecule has 0 radical (unpaired) electrons. The van der Waals surface area contributed by atoms with E-state index in [1.54, 1.807) is 0 Å². The lowest BCUT2D eigenvalue weighted by atomic mass is 9.87. The molecule has 86 heavy (non-hydrogen) atoms. The van der Waals surface area contributed by atoms with Gasteiger partial charge >= 0.3 is 0 Å². The summed E-state index contributed by atoms with van der Waals surface area (Å²) in [5, 5.41) is 47.6. The van der Waals surface area contributed by atoms with Crippen LogP contribution >= 0.6 is 0 Å². The van der Waals surface area contributed by atoms with E-state index >= 15 is 0 Å². The van der Waals surface area contributed by atoms with Gasteiger partial charge in [0.2, 0.25) is 16.6 Å². The van der Waals surface area contributed by atoms with Crippen LogP contribution in [0.5, 0.6) is 0 Å². The van der Waals surface area contributed by atoms with E-state index in [0.29, 0.717) is 46.5 Å². The zero-order valence-electron chi connectivity index (χ0n) is 61.2. The molecular weight excluding hydrogens is 1170 g/mol. The SMILES string of the molecule is CC(C)[Si](OCCC(C)(C)[Si](C)(C)C#C[C@H]1[C@H](O)[C@@H](O[Si](C(C)C)(C(C)C)C(C)C)[C@H](C#CC#C[C@@H]2O[C@H](CO)[C@@H](C#C[Si](C)(C)C(C)(C)CCO[Si](C(C)C)(C(C)C)C(C)C)[C@H](O)[C@H]2O[Si](C(C)C)(C(C)C)C(C)C)O[C@@H]1CO)(C(C)C)C(C)C. The number of hydrogen-bond donors (Lipinski definition) is 4. The molecule has 10 nitrogen and oxygen atoms in total. The summed E-state index contributed by atoms with van der Waals surface area (Å²) < 4.78 is 42.7. The third-order valence-corrected chi connectivity index (χ3v) is 55.7. The zero-order chi connectivity index (χ0) is 66.8. The van der Waals surface area contributed by atoms with Gasteiger partial charge < -0.3 is 47.6 Å². The van der Waals surface area contributed by atoms with Gasteiger partial charge in [-0.1, -0.05) is 232 Å². The van der Waals surface area contributed by atoms with Gasteiger partial charge in [0.1, 0.15) is 40.6 Å². The predicted octanol–water partition coefficient (Wildman–Crippen LogP) is 16.8. The van der Waals surface area contributed by atoms with Crippen LogP contribution in [0, 0.1) is 58.4 Å². The van der Waals surface area contributed by atoms with Gasteiger partial charge in [-0.05, 0) is 101 Å². The maximum Gasteiger partial charge on any atom is 0.201 e. The van der Waals surface area contributed by atoms with Gasteiger partial charge in [0.05, 0.1) is 49.5 Å². The number of rotatable bonds is 28. The van der Waals surface area contributed by atoms with Crippen LogP contribution in [0.3, 0.4) is 0 Å². The van der Waals surface area contributed by atoms with Crippen molar-refractivity contribution in [2.45, 2.75) is 358 Å². The van der Waals surface area contributed by atoms with Crippen molar-refractivity contribution in [3.63, 3.8) is 0 Å². The second-order valence-corrected chi connectivity index (χ2v) is 63.8. The predicted molar refractivity (Wildman–Crippen MR) is 380 cm³/mol. The lowest BCUT2D eigenvalue weighted by molar-refractivity contribution is -0.173. The minimum atomic E-state index is -2.67. The summed E-state index contributed by atoms with van der Waals surface area (Å²) in [7, 11) is -14.2. The van der Waals surface area contributed by atoms with Gasteiger partial charge in [0.15, 0.2) is 16.6 Å². The van der Waals surface area contributed by atoms with E-state index in [1.165, 1.54) is 0 Å². The summed E-state index contributed by atoms with van der Waals surface area (Å²) in [6.45, 7) is 73.7. The Balaban J connectivity index is 2.83. The highest BCUT2D eigenvalue weighted by atomic mass is 28.4. The zero-order valence-corrected chi connectivity index (χ0v) is 67.2. The summed E-state index contributed by atoms with van der Waals surface area (Å²) in [6, 6.07) is 0. The molecule has 4 N–H and O–H groups in total. The fraction of sp³-hybridized carbons (Fsp3) is 0.886. The van der Waals surface area contributed by atoms with Crippen LogP contribution in [-0.4, -0.2) is 145 Å². The molecule has 0 aliphatic carbocycles. The Kier molecular flexibility index (Phi) is 31.0. The minimum absolute atomic E-state index is 0.123. The second-order valence-electron chi connectivity index (χ2n) is 32.3. The standard InChI is InChI=1S/C70H134O10Si6/c1-47(2)83(48(3)4,49(5)6)75-41-39-69(25,26)81(29,30)43-37-59-63(45-71)77-61(67(65(59)73)79-85(53(13)14,54(15)16)55(17)18)35-33-34-36-62-68(80-86(56(19)20,57(21)22)58(23)24)66(74)60(64(46-72)78-62)38-44-82(31,32)70(27,28)40-42-76-84(50(7)8,51(9)10)52(11)12/h47-68,71-74H,39-42,45-46H2,1-32H3/t59-,60-,61+,62+,63-,64-,65+,66+,67+,68+/m1/s1. The number of hydrogen-bond acceptors (Lipinski definition) is 10. The molecule has 16 heteroatoms. The van der Waals surface area contributed by atoms with Crippen LogP contribution in [0.1, 0.15) is 207 Å². The van der Waals surface area contributed by atoms with Gasteiger partial charge in [-0.25, -0.2) is 0 Å². The second kappa shape index (κ2) is 32.8. The summed E-state index contributed by atoms with van der Waals surface area (Å²) >= 11 is 0. The van der Waals surface area contributed by atoms with E-state index in [1.807, 2.05) is 0 Å². The van der Waals surface area contributed by atoms with Crippen LogP contribution < -0.4 is 0 Å². The Morgan fingerprint density at radius 1 is 0.384 bits per heavy atom. The Hall–Kier alpha value is -0.859. The van der Waals surface area contributed by atoms with Gasteiger partial charge in [0.25, 0.3) is 0 Å². The highest BCUT2D eigenvalue weighted by Gasteiger charge is 2.56. The van der Waals surface area contributed by atoms with Crippen molar-refractivity contribution in [2.24, 2.45) is 11.8 Å². The number of ether oxygens (including phenoxy) is 2. The molecule has 0 saturated carbocycles. The van der Waals surface area contributed by atoms with Crippen LogP contribution in [0.15, 0.2) is 0 Å². The van der Waals surface area contributed by atoms with E-state index in [9.17, 15) is 20.4 Å². The molecule has 2 aliphatic rings. The van der Waals surface area contributed by atoms with Gasteiger partial charge in [0, 0.05) is 13.2 Å². The molecule has 0 bridgehead atoms. The molecule has 2 heterocycles. The molecule has 2 rings (SSSR count). The first-order valence-electron chi connectivity index (χ1n) is 33.9. The molecule has 10 atom stereocenters. The fourth-order valence-corrected chi connectivity index (χ4v) is 41.2. The smallest absolute Gasteiger partial charge is 0.201 e. The van der Waals surface area contributed by atoms with Crippen LogP contribution in [-0.2, 0) is 27.2 Å². The summed E-state index contributed by atoms with van der Waals surface area (Å²) in [5.41, 5.74) is 11.7. The minimum Gasteiger partial charge on any atom is -0.416 e. The van der Waals surface area contributed by atoms with Crippen molar-refractivity contribution in [2.75, 3.05) is 26.4 Å². The molecule has 0 aromatic rings. The van der Waals surface area contributed by atoms with Crippen LogP contribution in [0.2, 0.25) is 103 Å². The first-order valence-corrected chi connectivity index (χ1v) is 48.4. The van der Waals surface area contributed by atoms with Crippen LogP contribution in [0.4, 0.5) is 0 Å². The average Bonchev–Trinajstić information content (AvgIpc) is 0.943. The maximum atomic E-state index is 12.8. The Morgan fingerprint density at radius 3 is 0.826 bits per heavy atom. The topological polar surface area (TPSA) is 136 Å². The molecule has 0 aromatic heterocycles. The molecule has 2 saturated heterocycles. The molecule has 2 fully saturated rings. The highest BCUT2D eigenvalue weighted by Crippen LogP contribution is 2.50. The van der Waals surface area contributed by atoms with E-state index in [2.05, 4.69) is 267 Å². The van der Waals surface area contributed by atoms with Crippen molar-refractivity contribution < 1.29 is 47.6 Å². The molecule has 2 aliphatic heterocycles. The first-order chi connectivity index (χ1) is 39.3. The lowest BCUT2D eigenvalue weighted by Gasteiger charge is -2.49. The average molecular weight is 1300 g/mol. The Labute approximate surface area is 537 Å². The van der Waals surface area contributed by atoms with Gasteiger partial charge in [-0.2, -0.15) is 0 Å². The molecular formula is C70H134O10Si6. The molecule has 0 spiro atoms. The summed E-state index contributed by atoms with van der Waals surface area (Å²) in [4.78, 5) is 0. The number of aliphatic hydroxyl groups is 4. The third-order valence-electron chi connectivity index (χ3n) is 22.5. The van der Waals surface area contributed by atoms with E-state index in [4.69, 9.17) is 27.2 Å². The maximum absolute atomic E-state index is 12.8. The van der Waals surface area contributed by atoms with E-state index in [0.717, 1.165) is 12.8 Å². The first kappa shape index (κ1) is 81.2. The van der Waals surface area contributed by atoms with Crippen molar-refractivity contribution in [3.8, 4) is 46.6 Å².